The quantitative estimate of drug-likeness (QED) is 0.0765. The first kappa shape index (κ1) is 53.1. The van der Waals surface area contributed by atoms with Crippen LogP contribution >= 0.6 is 22.7 Å². The third-order valence-electron chi connectivity index (χ3n) is 11.3. The summed E-state index contributed by atoms with van der Waals surface area (Å²) in [6.07, 6.45) is 6.54. The van der Waals surface area contributed by atoms with Crippen molar-refractivity contribution in [3.8, 4) is 0 Å². The molecule has 0 unspecified atom stereocenters. The third-order valence-corrected chi connectivity index (χ3v) is 16.6. The molecule has 0 aliphatic rings. The molecule has 0 spiro atoms. The van der Waals surface area contributed by atoms with E-state index in [0.717, 1.165) is 16.4 Å². The van der Waals surface area contributed by atoms with Gasteiger partial charge in [-0.1, -0.05) is 41.5 Å². The van der Waals surface area contributed by atoms with Crippen LogP contribution in [0.1, 0.15) is 103 Å². The lowest BCUT2D eigenvalue weighted by Crippen LogP contribution is -2.58. The topological polar surface area (TPSA) is 194 Å². The highest BCUT2D eigenvalue weighted by Crippen LogP contribution is 2.32. The number of carbonyl (C=O) groups is 2. The highest BCUT2D eigenvalue weighted by Gasteiger charge is 2.45. The number of benzene rings is 2. The summed E-state index contributed by atoms with van der Waals surface area (Å²) in [5.41, 5.74) is 3.65. The van der Waals surface area contributed by atoms with Gasteiger partial charge in [-0.15, -0.1) is 22.7 Å². The number of rotatable bonds is 20. The number of hydrogen-bond acceptors (Lipinski definition) is 13. The van der Waals surface area contributed by atoms with Crippen LogP contribution in [0, 0.1) is 11.8 Å². The number of amides is 2. The molecule has 0 saturated heterocycles. The Balaban J connectivity index is 0.000000227. The van der Waals surface area contributed by atoms with Crippen LogP contribution in [-0.2, 0) is 49.1 Å². The SMILES string of the molecule is CC(C)CN(CC(C)C)C(=O)C(C)(C)N(Cc1cncn1C(C)C)S(=O)(=O)c1ccc2occc2c1.CC(C)c1nc(CN(C)C(=O)[C@H](Cc2cscn2)NS(=O)(=O)c2ccc3occc3c2)cs1. The third kappa shape index (κ3) is 12.9. The normalized spacial score (nSPS) is 13.0. The first-order valence-corrected chi connectivity index (χ1v) is 27.6. The molecule has 1 atom stereocenters. The molecule has 2 amide bonds. The minimum absolute atomic E-state index is 0.0138. The predicted molar refractivity (Wildman–Crippen MR) is 271 cm³/mol. The van der Waals surface area contributed by atoms with Gasteiger partial charge in [0, 0.05) is 66.2 Å². The highest BCUT2D eigenvalue weighted by molar-refractivity contribution is 7.89. The van der Waals surface area contributed by atoms with Crippen molar-refractivity contribution in [2.24, 2.45) is 11.8 Å². The number of thiazole rings is 2. The first-order chi connectivity index (χ1) is 32.5. The highest BCUT2D eigenvalue weighted by atomic mass is 32.2. The van der Waals surface area contributed by atoms with E-state index >= 15 is 0 Å². The van der Waals surface area contributed by atoms with Crippen LogP contribution in [0.5, 0.6) is 0 Å². The van der Waals surface area contributed by atoms with Gasteiger partial charge in [0.25, 0.3) is 0 Å². The van der Waals surface area contributed by atoms with Crippen molar-refractivity contribution >= 4 is 76.5 Å². The Kier molecular flexibility index (Phi) is 17.1. The minimum atomic E-state index is -4.08. The van der Waals surface area contributed by atoms with Crippen LogP contribution < -0.4 is 4.72 Å². The van der Waals surface area contributed by atoms with Crippen LogP contribution in [0.25, 0.3) is 21.9 Å². The van der Waals surface area contributed by atoms with E-state index in [9.17, 15) is 26.4 Å². The van der Waals surface area contributed by atoms with E-state index in [1.165, 1.54) is 51.3 Å². The van der Waals surface area contributed by atoms with Crippen molar-refractivity contribution in [1.29, 1.82) is 0 Å². The lowest BCUT2D eigenvalue weighted by Gasteiger charge is -2.40. The second kappa shape index (κ2) is 22.2. The Bertz CT molecular complexity index is 3030. The molecule has 0 bridgehead atoms. The minimum Gasteiger partial charge on any atom is -0.464 e. The zero-order valence-corrected chi connectivity index (χ0v) is 44.4. The number of furan rings is 2. The van der Waals surface area contributed by atoms with E-state index in [-0.39, 0.29) is 52.4 Å². The molecule has 7 rings (SSSR count). The standard InChI is InChI=1S/C27H40N4O4S.C22H24N4O4S3/c1-19(2)15-29(16-20(3)4)26(32)27(7,8)31(17-23-14-28-18-30(23)21(5)6)36(33,34)24-9-10-25-22(13-24)11-12-35-25;1-14(2)21-24-17(12-32-21)10-26(3)22(27)19(9-16-11-31-13-23-16)25-33(28,29)18-4-5-20-15(8-18)6-7-30-20/h9-14,18-21H,15-17H2,1-8H3;4-8,11-14,19,25H,9-10H2,1-3H3/t;19-/m.0/s1. The number of nitrogens with zero attached hydrogens (tertiary/aromatic N) is 7. The van der Waals surface area contributed by atoms with E-state index in [4.69, 9.17) is 8.83 Å². The molecular weight excluding hydrogens is 957 g/mol. The smallest absolute Gasteiger partial charge is 0.244 e. The fourth-order valence-electron chi connectivity index (χ4n) is 7.84. The van der Waals surface area contributed by atoms with Gasteiger partial charge < -0.3 is 23.2 Å². The summed E-state index contributed by atoms with van der Waals surface area (Å²) in [6, 6.07) is 11.9. The Hall–Kier alpha value is -5.25. The molecule has 7 aromatic rings. The van der Waals surface area contributed by atoms with Gasteiger partial charge in [-0.25, -0.2) is 31.8 Å². The van der Waals surface area contributed by atoms with Crippen molar-refractivity contribution in [2.45, 2.75) is 122 Å². The second-order valence-corrected chi connectivity index (χ2v) is 24.3. The molecular formula is C49H64N8O8S4. The average molecular weight is 1020 g/mol. The number of aromatic nitrogens is 4. The Labute approximate surface area is 413 Å². The summed E-state index contributed by atoms with van der Waals surface area (Å²) in [6.45, 7) is 21.2. The van der Waals surface area contributed by atoms with E-state index < -0.39 is 31.6 Å². The molecule has 5 heterocycles. The van der Waals surface area contributed by atoms with Crippen LogP contribution in [-0.4, -0.2) is 94.0 Å². The van der Waals surface area contributed by atoms with Gasteiger partial charge in [0.15, 0.2) is 0 Å². The predicted octanol–water partition coefficient (Wildman–Crippen LogP) is 9.34. The molecule has 1 N–H and O–H groups in total. The van der Waals surface area contributed by atoms with Crippen molar-refractivity contribution in [3.05, 3.63) is 112 Å². The number of fused-ring (bicyclic) bond motifs is 2. The maximum atomic E-state index is 14.2. The molecule has 0 aliphatic heterocycles. The maximum Gasteiger partial charge on any atom is 0.244 e. The summed E-state index contributed by atoms with van der Waals surface area (Å²) < 4.78 is 71.3. The lowest BCUT2D eigenvalue weighted by atomic mass is 10.0. The van der Waals surface area contributed by atoms with E-state index in [1.807, 2.05) is 23.8 Å². The van der Waals surface area contributed by atoms with Gasteiger partial charge in [0.2, 0.25) is 31.9 Å². The number of likely N-dealkylation sites (N-methyl/N-ethyl adjacent to an activating group) is 1. The Morgan fingerprint density at radius 3 is 1.97 bits per heavy atom. The molecule has 0 saturated carbocycles. The van der Waals surface area contributed by atoms with Gasteiger partial charge >= 0.3 is 0 Å². The van der Waals surface area contributed by atoms with Gasteiger partial charge in [-0.05, 0) is 88.1 Å². The zero-order chi connectivity index (χ0) is 50.4. The molecule has 372 valence electrons. The molecule has 69 heavy (non-hydrogen) atoms. The summed E-state index contributed by atoms with van der Waals surface area (Å²) in [4.78, 5) is 43.9. The van der Waals surface area contributed by atoms with Crippen molar-refractivity contribution in [3.63, 3.8) is 0 Å². The van der Waals surface area contributed by atoms with Gasteiger partial charge in [-0.3, -0.25) is 9.59 Å². The molecule has 2 aromatic carbocycles. The number of nitrogens with one attached hydrogen (secondary N) is 1. The Morgan fingerprint density at radius 2 is 1.42 bits per heavy atom. The van der Waals surface area contributed by atoms with Gasteiger partial charge in [0.1, 0.15) is 22.7 Å². The largest absolute Gasteiger partial charge is 0.464 e. The van der Waals surface area contributed by atoms with Crippen LogP contribution in [0.4, 0.5) is 0 Å². The monoisotopic (exact) mass is 1020 g/mol. The zero-order valence-electron chi connectivity index (χ0n) is 41.1. The summed E-state index contributed by atoms with van der Waals surface area (Å²) in [5.74, 6) is 0.240. The maximum absolute atomic E-state index is 14.2. The van der Waals surface area contributed by atoms with Crippen LogP contribution in [0.3, 0.4) is 0 Å². The molecule has 20 heteroatoms. The molecule has 0 radical (unpaired) electrons. The number of carbonyl (C=O) groups excluding carboxylic acids is 2. The fraction of sp³-hybridized carbons (Fsp3) is 0.449. The Morgan fingerprint density at radius 1 is 0.812 bits per heavy atom. The van der Waals surface area contributed by atoms with Gasteiger partial charge in [0.05, 0.1) is 69.3 Å². The summed E-state index contributed by atoms with van der Waals surface area (Å²) in [5, 5.41) is 6.09. The molecule has 5 aromatic heterocycles. The second-order valence-electron chi connectivity index (χ2n) is 19.1. The number of sulfonamides is 2. The van der Waals surface area contributed by atoms with Crippen LogP contribution in [0.2, 0.25) is 0 Å². The lowest BCUT2D eigenvalue weighted by molar-refractivity contribution is -0.141. The van der Waals surface area contributed by atoms with E-state index in [1.54, 1.807) is 90.9 Å². The molecule has 16 nitrogen and oxygen atoms in total. The van der Waals surface area contributed by atoms with E-state index in [0.29, 0.717) is 53.2 Å². The van der Waals surface area contributed by atoms with Crippen molar-refractivity contribution in [2.75, 3.05) is 20.1 Å². The summed E-state index contributed by atoms with van der Waals surface area (Å²) in [7, 11) is -6.40. The number of imidazole rings is 1. The first-order valence-electron chi connectivity index (χ1n) is 22.8. The molecule has 0 aliphatic carbocycles. The van der Waals surface area contributed by atoms with Crippen LogP contribution in [0.15, 0.2) is 108 Å². The summed E-state index contributed by atoms with van der Waals surface area (Å²) >= 11 is 2.95. The van der Waals surface area contributed by atoms with Crippen molar-refractivity contribution in [1.82, 2.24) is 38.3 Å². The van der Waals surface area contributed by atoms with Gasteiger partial charge in [-0.2, -0.15) is 9.03 Å². The average Bonchev–Trinajstić information content (AvgIpc) is 4.15. The van der Waals surface area contributed by atoms with E-state index in [2.05, 4.69) is 61.2 Å². The molecule has 0 fully saturated rings. The number of hydrogen-bond donors (Lipinski definition) is 1. The fourth-order valence-corrected chi connectivity index (χ4v) is 12.2. The van der Waals surface area contributed by atoms with Crippen molar-refractivity contribution < 1.29 is 35.3 Å².